The van der Waals surface area contributed by atoms with Crippen LogP contribution in [0.5, 0.6) is 28.7 Å². The predicted octanol–water partition coefficient (Wildman–Crippen LogP) is 3.59. The molecule has 1 aromatic heterocycles. The molecular weight excluding hydrogens is 424 g/mol. The van der Waals surface area contributed by atoms with Gasteiger partial charge in [-0.2, -0.15) is 4.80 Å². The molecular formula is C24H24N4O5. The van der Waals surface area contributed by atoms with Gasteiger partial charge in [0.05, 0.1) is 20.8 Å². The van der Waals surface area contributed by atoms with Crippen LogP contribution in [0.4, 0.5) is 0 Å². The quantitative estimate of drug-likeness (QED) is 0.393. The molecule has 9 nitrogen and oxygen atoms in total. The maximum atomic E-state index is 10.3. The van der Waals surface area contributed by atoms with Crippen LogP contribution in [0.15, 0.2) is 72.8 Å². The first-order chi connectivity index (χ1) is 16.1. The van der Waals surface area contributed by atoms with Gasteiger partial charge in [0.25, 0.3) is 0 Å². The lowest BCUT2D eigenvalue weighted by Gasteiger charge is -2.12. The fraction of sp³-hybridized carbons (Fsp3) is 0.208. The van der Waals surface area contributed by atoms with E-state index in [9.17, 15) is 5.11 Å². The van der Waals surface area contributed by atoms with Crippen molar-refractivity contribution in [1.82, 2.24) is 20.2 Å². The van der Waals surface area contributed by atoms with Gasteiger partial charge in [-0.25, -0.2) is 0 Å². The van der Waals surface area contributed by atoms with Gasteiger partial charge in [0.2, 0.25) is 5.82 Å². The third-order valence-corrected chi connectivity index (χ3v) is 4.71. The van der Waals surface area contributed by atoms with Gasteiger partial charge in [0.1, 0.15) is 30.0 Å². The Balaban J connectivity index is 1.30. The lowest BCUT2D eigenvalue weighted by atomic mass is 10.2. The summed E-state index contributed by atoms with van der Waals surface area (Å²) in [5.41, 5.74) is 0.724. The number of hydrogen-bond donors (Lipinski definition) is 1. The average molecular weight is 448 g/mol. The van der Waals surface area contributed by atoms with E-state index in [0.717, 1.165) is 11.3 Å². The number of hydrogen-bond acceptors (Lipinski definition) is 8. The number of methoxy groups -OCH3 is 2. The van der Waals surface area contributed by atoms with E-state index in [2.05, 4.69) is 15.4 Å². The summed E-state index contributed by atoms with van der Waals surface area (Å²) in [6, 6.07) is 22.1. The average Bonchev–Trinajstić information content (AvgIpc) is 3.32. The third kappa shape index (κ3) is 5.78. The number of tetrazole rings is 1. The van der Waals surface area contributed by atoms with E-state index in [1.165, 1.54) is 4.80 Å². The highest BCUT2D eigenvalue weighted by Gasteiger charge is 2.13. The van der Waals surface area contributed by atoms with Gasteiger partial charge in [-0.3, -0.25) is 0 Å². The number of nitrogens with zero attached hydrogens (tertiary/aromatic N) is 4. The molecule has 9 heteroatoms. The number of ether oxygens (including phenoxy) is 4. The Hall–Kier alpha value is -4.11. The van der Waals surface area contributed by atoms with Crippen LogP contribution in [0.3, 0.4) is 0 Å². The summed E-state index contributed by atoms with van der Waals surface area (Å²) >= 11 is 0. The van der Waals surface area contributed by atoms with Crippen molar-refractivity contribution >= 4 is 0 Å². The van der Waals surface area contributed by atoms with Crippen molar-refractivity contribution in [2.75, 3.05) is 20.8 Å². The minimum atomic E-state index is -0.822. The number of para-hydroxylation sites is 1. The van der Waals surface area contributed by atoms with E-state index < -0.39 is 6.10 Å². The SMILES string of the molecule is COc1ccc(-c2nnn(C[C@@H](O)COc3ccc(Oc4ccccc4)cc3)n2)cc1OC. The van der Waals surface area contributed by atoms with E-state index >= 15 is 0 Å². The van der Waals surface area contributed by atoms with Gasteiger partial charge in [-0.05, 0) is 59.8 Å². The molecule has 0 radical (unpaired) electrons. The van der Waals surface area contributed by atoms with Crippen molar-refractivity contribution in [2.45, 2.75) is 12.6 Å². The van der Waals surface area contributed by atoms with Gasteiger partial charge >= 0.3 is 0 Å². The monoisotopic (exact) mass is 448 g/mol. The van der Waals surface area contributed by atoms with Gasteiger partial charge < -0.3 is 24.1 Å². The van der Waals surface area contributed by atoms with Crippen LogP contribution in [0.25, 0.3) is 11.4 Å². The molecule has 0 saturated carbocycles. The fourth-order valence-electron chi connectivity index (χ4n) is 3.07. The number of benzene rings is 3. The molecule has 0 amide bonds. The molecule has 0 aliphatic heterocycles. The summed E-state index contributed by atoms with van der Waals surface area (Å²) in [4.78, 5) is 1.33. The lowest BCUT2D eigenvalue weighted by Crippen LogP contribution is -2.24. The second kappa shape index (κ2) is 10.5. The topological polar surface area (TPSA) is 101 Å². The molecule has 0 unspecified atom stereocenters. The first-order valence-corrected chi connectivity index (χ1v) is 10.3. The van der Waals surface area contributed by atoms with Crippen LogP contribution in [0, 0.1) is 0 Å². The minimum Gasteiger partial charge on any atom is -0.493 e. The molecule has 33 heavy (non-hydrogen) atoms. The molecule has 3 aromatic carbocycles. The zero-order valence-electron chi connectivity index (χ0n) is 18.3. The van der Waals surface area contributed by atoms with Crippen LogP contribution in [0.2, 0.25) is 0 Å². The Morgan fingerprint density at radius 1 is 0.848 bits per heavy atom. The van der Waals surface area contributed by atoms with E-state index in [-0.39, 0.29) is 13.2 Å². The first kappa shape index (κ1) is 22.1. The third-order valence-electron chi connectivity index (χ3n) is 4.71. The van der Waals surface area contributed by atoms with Crippen LogP contribution in [0.1, 0.15) is 0 Å². The van der Waals surface area contributed by atoms with Crippen molar-refractivity contribution in [3.63, 3.8) is 0 Å². The van der Waals surface area contributed by atoms with Crippen molar-refractivity contribution in [3.8, 4) is 40.1 Å². The minimum absolute atomic E-state index is 0.0755. The normalized spacial score (nSPS) is 11.6. The molecule has 0 saturated heterocycles. The second-order valence-electron chi connectivity index (χ2n) is 7.09. The molecule has 0 spiro atoms. The maximum Gasteiger partial charge on any atom is 0.205 e. The molecule has 1 heterocycles. The van der Waals surface area contributed by atoms with Crippen molar-refractivity contribution in [3.05, 3.63) is 72.8 Å². The van der Waals surface area contributed by atoms with Crippen molar-refractivity contribution in [2.24, 2.45) is 0 Å². The number of aliphatic hydroxyl groups is 1. The molecule has 170 valence electrons. The van der Waals surface area contributed by atoms with Crippen molar-refractivity contribution < 1.29 is 24.1 Å². The second-order valence-corrected chi connectivity index (χ2v) is 7.09. The van der Waals surface area contributed by atoms with E-state index in [4.69, 9.17) is 18.9 Å². The molecule has 4 rings (SSSR count). The lowest BCUT2D eigenvalue weighted by molar-refractivity contribution is 0.0850. The van der Waals surface area contributed by atoms with Crippen molar-refractivity contribution in [1.29, 1.82) is 0 Å². The first-order valence-electron chi connectivity index (χ1n) is 10.3. The van der Waals surface area contributed by atoms with Crippen LogP contribution in [-0.4, -0.2) is 52.2 Å². The zero-order valence-corrected chi connectivity index (χ0v) is 18.3. The van der Waals surface area contributed by atoms with Gasteiger partial charge in [0, 0.05) is 5.56 Å². The number of rotatable bonds is 10. The number of aromatic nitrogens is 4. The van der Waals surface area contributed by atoms with Gasteiger partial charge in [-0.1, -0.05) is 18.2 Å². The Bertz CT molecular complexity index is 1170. The zero-order chi connectivity index (χ0) is 23.0. The van der Waals surface area contributed by atoms with E-state index in [1.54, 1.807) is 38.5 Å². The highest BCUT2D eigenvalue weighted by Crippen LogP contribution is 2.30. The highest BCUT2D eigenvalue weighted by molar-refractivity contribution is 5.60. The van der Waals surface area contributed by atoms with E-state index in [0.29, 0.717) is 28.8 Å². The summed E-state index contributed by atoms with van der Waals surface area (Å²) in [7, 11) is 3.13. The Kier molecular flexibility index (Phi) is 7.01. The molecule has 0 bridgehead atoms. The summed E-state index contributed by atoms with van der Waals surface area (Å²) in [6.45, 7) is 0.210. The summed E-state index contributed by atoms with van der Waals surface area (Å²) in [6.07, 6.45) is -0.822. The van der Waals surface area contributed by atoms with E-state index in [1.807, 2.05) is 48.5 Å². The van der Waals surface area contributed by atoms with Crippen LogP contribution >= 0.6 is 0 Å². The number of aliphatic hydroxyl groups excluding tert-OH is 1. The predicted molar refractivity (Wildman–Crippen MR) is 121 cm³/mol. The van der Waals surface area contributed by atoms with Gasteiger partial charge in [-0.15, -0.1) is 10.2 Å². The highest BCUT2D eigenvalue weighted by atomic mass is 16.5. The smallest absolute Gasteiger partial charge is 0.205 e. The molecule has 1 N–H and O–H groups in total. The molecule has 0 aliphatic carbocycles. The Morgan fingerprint density at radius 3 is 2.27 bits per heavy atom. The fourth-order valence-corrected chi connectivity index (χ4v) is 3.07. The van der Waals surface area contributed by atoms with Crippen LogP contribution < -0.4 is 18.9 Å². The molecule has 1 atom stereocenters. The summed E-state index contributed by atoms with van der Waals surface area (Å²) < 4.78 is 22.0. The Morgan fingerprint density at radius 2 is 1.55 bits per heavy atom. The standard InChI is InChI=1S/C24H24N4O5/c1-30-22-13-8-17(14-23(22)31-2)24-25-27-28(26-24)15-18(29)16-32-19-9-11-21(12-10-19)33-20-6-4-3-5-7-20/h3-14,18,29H,15-16H2,1-2H3/t18-/m1/s1. The molecule has 0 aliphatic rings. The largest absolute Gasteiger partial charge is 0.493 e. The molecule has 0 fully saturated rings. The Labute approximate surface area is 191 Å². The maximum absolute atomic E-state index is 10.3. The molecule has 4 aromatic rings. The summed E-state index contributed by atoms with van der Waals surface area (Å²) in [5.74, 6) is 3.67. The summed E-state index contributed by atoms with van der Waals surface area (Å²) in [5, 5.41) is 22.7. The van der Waals surface area contributed by atoms with Gasteiger partial charge in [0.15, 0.2) is 11.5 Å². The van der Waals surface area contributed by atoms with Crippen LogP contribution in [-0.2, 0) is 6.54 Å².